The number of H-pyrrole nitrogens is 1. The van der Waals surface area contributed by atoms with Gasteiger partial charge in [0.15, 0.2) is 0 Å². The van der Waals surface area contributed by atoms with Crippen molar-refractivity contribution in [2.75, 3.05) is 12.4 Å². The average molecular weight is 356 g/mol. The summed E-state index contributed by atoms with van der Waals surface area (Å²) in [7, 11) is 1.61. The number of ether oxygens (including phenoxy) is 1. The quantitative estimate of drug-likeness (QED) is 0.710. The lowest BCUT2D eigenvalue weighted by atomic mass is 9.78. The topological polar surface area (TPSA) is 67.0 Å². The molecule has 1 aliphatic heterocycles. The van der Waals surface area contributed by atoms with Crippen molar-refractivity contribution in [3.8, 4) is 17.1 Å². The van der Waals surface area contributed by atoms with E-state index in [4.69, 9.17) is 16.3 Å². The van der Waals surface area contributed by atoms with Crippen LogP contribution in [0, 0.1) is 0 Å². The number of fused-ring (bicyclic) bond motifs is 2. The Morgan fingerprint density at radius 3 is 2.80 bits per heavy atom. The van der Waals surface area contributed by atoms with Gasteiger partial charge in [0.1, 0.15) is 11.6 Å². The van der Waals surface area contributed by atoms with Crippen molar-refractivity contribution in [1.82, 2.24) is 9.97 Å². The number of amides is 1. The molecule has 0 aliphatic carbocycles. The number of benzene rings is 2. The molecule has 2 aromatic carbocycles. The van der Waals surface area contributed by atoms with Crippen molar-refractivity contribution in [3.05, 3.63) is 40.9 Å². The van der Waals surface area contributed by atoms with E-state index < -0.39 is 0 Å². The number of rotatable bonds is 2. The minimum Gasteiger partial charge on any atom is -0.496 e. The molecule has 2 N–H and O–H groups in total. The third kappa shape index (κ3) is 2.65. The Morgan fingerprint density at radius 2 is 2.04 bits per heavy atom. The minimum atomic E-state index is -0.213. The zero-order valence-electron chi connectivity index (χ0n) is 14.2. The maximum Gasteiger partial charge on any atom is 0.225 e. The smallest absolute Gasteiger partial charge is 0.225 e. The number of methoxy groups -OCH3 is 1. The van der Waals surface area contributed by atoms with Gasteiger partial charge in [0.05, 0.1) is 23.7 Å². The Labute approximate surface area is 150 Å². The molecule has 0 saturated heterocycles. The van der Waals surface area contributed by atoms with Gasteiger partial charge in [-0.3, -0.25) is 4.79 Å². The lowest BCUT2D eigenvalue weighted by Crippen LogP contribution is -2.32. The normalized spacial score (nSPS) is 15.8. The van der Waals surface area contributed by atoms with Crippen LogP contribution in [-0.4, -0.2) is 23.0 Å². The SMILES string of the molecule is COc1cc(Cl)ccc1-c1nc2cc3c(cc2[nH]1)C(C)(C)CC(=O)N3. The van der Waals surface area contributed by atoms with E-state index in [1.54, 1.807) is 19.2 Å². The average Bonchev–Trinajstić information content (AvgIpc) is 2.95. The molecule has 0 unspecified atom stereocenters. The van der Waals surface area contributed by atoms with Crippen molar-refractivity contribution < 1.29 is 9.53 Å². The predicted octanol–water partition coefficient (Wildman–Crippen LogP) is 4.51. The summed E-state index contributed by atoms with van der Waals surface area (Å²) in [6, 6.07) is 9.44. The Morgan fingerprint density at radius 1 is 1.24 bits per heavy atom. The molecule has 4 rings (SSSR count). The van der Waals surface area contributed by atoms with E-state index in [2.05, 4.69) is 35.2 Å². The van der Waals surface area contributed by atoms with Gasteiger partial charge in [-0.25, -0.2) is 4.98 Å². The third-order valence-corrected chi connectivity index (χ3v) is 4.88. The molecule has 128 valence electrons. The highest BCUT2D eigenvalue weighted by Gasteiger charge is 2.32. The van der Waals surface area contributed by atoms with E-state index in [1.165, 1.54) is 0 Å². The molecule has 0 fully saturated rings. The zero-order valence-corrected chi connectivity index (χ0v) is 15.0. The van der Waals surface area contributed by atoms with Gasteiger partial charge < -0.3 is 15.0 Å². The first-order chi connectivity index (χ1) is 11.9. The monoisotopic (exact) mass is 355 g/mol. The summed E-state index contributed by atoms with van der Waals surface area (Å²) in [5.74, 6) is 1.40. The Bertz CT molecular complexity index is 1010. The number of halogens is 1. The van der Waals surface area contributed by atoms with Gasteiger partial charge in [-0.15, -0.1) is 0 Å². The molecule has 0 spiro atoms. The summed E-state index contributed by atoms with van der Waals surface area (Å²) in [6.07, 6.45) is 0.470. The van der Waals surface area contributed by atoms with E-state index in [-0.39, 0.29) is 11.3 Å². The zero-order chi connectivity index (χ0) is 17.8. The summed E-state index contributed by atoms with van der Waals surface area (Å²) in [5.41, 5.74) is 4.28. The lowest BCUT2D eigenvalue weighted by molar-refractivity contribution is -0.117. The van der Waals surface area contributed by atoms with Crippen molar-refractivity contribution >= 4 is 34.2 Å². The number of carbonyl (C=O) groups excluding carboxylic acids is 1. The van der Waals surface area contributed by atoms with E-state index in [9.17, 15) is 4.79 Å². The number of hydrogen-bond donors (Lipinski definition) is 2. The van der Waals surface area contributed by atoms with Crippen LogP contribution >= 0.6 is 11.6 Å². The number of imidazole rings is 1. The summed E-state index contributed by atoms with van der Waals surface area (Å²) in [4.78, 5) is 20.0. The van der Waals surface area contributed by atoms with Crippen LogP contribution in [0.3, 0.4) is 0 Å². The fourth-order valence-electron chi connectivity index (χ4n) is 3.40. The maximum absolute atomic E-state index is 12.0. The number of hydrogen-bond acceptors (Lipinski definition) is 3. The molecule has 0 atom stereocenters. The lowest BCUT2D eigenvalue weighted by Gasteiger charge is -2.31. The van der Waals surface area contributed by atoms with Gasteiger partial charge in [0.25, 0.3) is 0 Å². The standard InChI is InChI=1S/C19H18ClN3O2/c1-19(2)9-17(24)21-13-8-15-14(7-12(13)19)22-18(23-15)11-5-4-10(20)6-16(11)25-3/h4-8H,9H2,1-3H3,(H,21,24)(H,22,23). The maximum atomic E-state index is 12.0. The molecule has 1 aromatic heterocycles. The molecule has 6 heteroatoms. The fourth-order valence-corrected chi connectivity index (χ4v) is 3.56. The molecular weight excluding hydrogens is 338 g/mol. The number of nitrogens with one attached hydrogen (secondary N) is 2. The number of nitrogens with zero attached hydrogens (tertiary/aromatic N) is 1. The largest absolute Gasteiger partial charge is 0.496 e. The highest BCUT2D eigenvalue weighted by atomic mass is 35.5. The van der Waals surface area contributed by atoms with Crippen LogP contribution in [0.25, 0.3) is 22.4 Å². The van der Waals surface area contributed by atoms with E-state index >= 15 is 0 Å². The minimum absolute atomic E-state index is 0.0342. The molecule has 2 heterocycles. The van der Waals surface area contributed by atoms with Crippen molar-refractivity contribution in [3.63, 3.8) is 0 Å². The third-order valence-electron chi connectivity index (χ3n) is 4.65. The van der Waals surface area contributed by atoms with Gasteiger partial charge >= 0.3 is 0 Å². The second kappa shape index (κ2) is 5.49. The van der Waals surface area contributed by atoms with Crippen LogP contribution in [-0.2, 0) is 10.2 Å². The van der Waals surface area contributed by atoms with Crippen molar-refractivity contribution in [1.29, 1.82) is 0 Å². The summed E-state index contributed by atoms with van der Waals surface area (Å²) in [6.45, 7) is 4.16. The van der Waals surface area contributed by atoms with Crippen molar-refractivity contribution in [2.24, 2.45) is 0 Å². The molecule has 1 amide bonds. The summed E-state index contributed by atoms with van der Waals surface area (Å²) >= 11 is 6.04. The van der Waals surface area contributed by atoms with E-state index in [0.717, 1.165) is 27.8 Å². The van der Waals surface area contributed by atoms with Gasteiger partial charge in [-0.2, -0.15) is 0 Å². The molecule has 25 heavy (non-hydrogen) atoms. The van der Waals surface area contributed by atoms with Crippen LogP contribution in [0.1, 0.15) is 25.8 Å². The van der Waals surface area contributed by atoms with Gasteiger partial charge in [-0.1, -0.05) is 25.4 Å². The predicted molar refractivity (Wildman–Crippen MR) is 99.4 cm³/mol. The highest BCUT2D eigenvalue weighted by molar-refractivity contribution is 6.30. The van der Waals surface area contributed by atoms with Gasteiger partial charge in [0, 0.05) is 22.5 Å². The second-order valence-corrected chi connectivity index (χ2v) is 7.39. The fraction of sp³-hybridized carbons (Fsp3) is 0.263. The molecule has 0 radical (unpaired) electrons. The number of carbonyl (C=O) groups is 1. The number of aromatic nitrogens is 2. The molecular formula is C19H18ClN3O2. The van der Waals surface area contributed by atoms with E-state index in [1.807, 2.05) is 12.1 Å². The van der Waals surface area contributed by atoms with Crippen LogP contribution < -0.4 is 10.1 Å². The van der Waals surface area contributed by atoms with Gasteiger partial charge in [-0.05, 0) is 35.9 Å². The Hall–Kier alpha value is -2.53. The first-order valence-electron chi connectivity index (χ1n) is 8.05. The first kappa shape index (κ1) is 16.0. The van der Waals surface area contributed by atoms with Gasteiger partial charge in [0.2, 0.25) is 5.91 Å². The van der Waals surface area contributed by atoms with Crippen LogP contribution in [0.4, 0.5) is 5.69 Å². The first-order valence-corrected chi connectivity index (χ1v) is 8.43. The van der Waals surface area contributed by atoms with Crippen LogP contribution in [0.5, 0.6) is 5.75 Å². The molecule has 5 nitrogen and oxygen atoms in total. The molecule has 3 aromatic rings. The molecule has 0 bridgehead atoms. The highest BCUT2D eigenvalue weighted by Crippen LogP contribution is 2.40. The molecule has 1 aliphatic rings. The Kier molecular flexibility index (Phi) is 3.51. The summed E-state index contributed by atoms with van der Waals surface area (Å²) in [5, 5.41) is 3.56. The number of anilines is 1. The number of aromatic amines is 1. The van der Waals surface area contributed by atoms with Crippen LogP contribution in [0.15, 0.2) is 30.3 Å². The van der Waals surface area contributed by atoms with E-state index in [0.29, 0.717) is 23.0 Å². The van der Waals surface area contributed by atoms with Crippen LogP contribution in [0.2, 0.25) is 5.02 Å². The molecule has 0 saturated carbocycles. The van der Waals surface area contributed by atoms with Crippen molar-refractivity contribution in [2.45, 2.75) is 25.7 Å². The Balaban J connectivity index is 1.89. The second-order valence-electron chi connectivity index (χ2n) is 6.95. The summed E-state index contributed by atoms with van der Waals surface area (Å²) < 4.78 is 5.42.